The predicted octanol–water partition coefficient (Wildman–Crippen LogP) is 3.03. The van der Waals surface area contributed by atoms with E-state index in [0.717, 1.165) is 6.07 Å². The molecule has 0 aliphatic rings. The molecule has 0 spiro atoms. The number of benzene rings is 1. The molecule has 134 valence electrons. The van der Waals surface area contributed by atoms with Crippen molar-refractivity contribution in [2.24, 2.45) is 5.92 Å². The zero-order valence-corrected chi connectivity index (χ0v) is 14.5. The van der Waals surface area contributed by atoms with E-state index in [4.69, 9.17) is 4.74 Å². The van der Waals surface area contributed by atoms with E-state index in [1.54, 1.807) is 12.4 Å². The van der Waals surface area contributed by atoms with Crippen LogP contribution in [-0.4, -0.2) is 28.8 Å². The van der Waals surface area contributed by atoms with E-state index >= 15 is 0 Å². The fourth-order valence-electron chi connectivity index (χ4n) is 2.46. The van der Waals surface area contributed by atoms with Gasteiger partial charge in [-0.25, -0.2) is 9.37 Å². The van der Waals surface area contributed by atoms with E-state index in [-0.39, 0.29) is 47.8 Å². The van der Waals surface area contributed by atoms with Gasteiger partial charge in [0.05, 0.1) is 13.2 Å². The first kappa shape index (κ1) is 18.6. The first-order valence-electron chi connectivity index (χ1n) is 8.07. The summed E-state index contributed by atoms with van der Waals surface area (Å²) in [6, 6.07) is 3.76. The Morgan fingerprint density at radius 2 is 2.08 bits per heavy atom. The Morgan fingerprint density at radius 1 is 1.32 bits per heavy atom. The molecule has 0 saturated heterocycles. The van der Waals surface area contributed by atoms with Crippen molar-refractivity contribution in [2.75, 3.05) is 7.11 Å². The van der Waals surface area contributed by atoms with Crippen LogP contribution in [0.1, 0.15) is 48.9 Å². The van der Waals surface area contributed by atoms with Gasteiger partial charge in [-0.2, -0.15) is 0 Å². The molecular weight excluding hydrogens is 325 g/mol. The van der Waals surface area contributed by atoms with Gasteiger partial charge in [-0.05, 0) is 24.1 Å². The Hall–Kier alpha value is -2.70. The highest BCUT2D eigenvalue weighted by molar-refractivity contribution is 5.98. The molecule has 0 radical (unpaired) electrons. The largest absolute Gasteiger partial charge is 0.494 e. The van der Waals surface area contributed by atoms with Crippen molar-refractivity contribution in [1.29, 1.82) is 0 Å². The van der Waals surface area contributed by atoms with Crippen LogP contribution >= 0.6 is 0 Å². The van der Waals surface area contributed by atoms with Gasteiger partial charge in [0.1, 0.15) is 5.82 Å². The van der Waals surface area contributed by atoms with Crippen molar-refractivity contribution in [1.82, 2.24) is 15.3 Å². The highest BCUT2D eigenvalue weighted by Gasteiger charge is 2.21. The van der Waals surface area contributed by atoms with Crippen LogP contribution < -0.4 is 10.1 Å². The molecule has 1 heterocycles. The van der Waals surface area contributed by atoms with E-state index in [2.05, 4.69) is 15.3 Å². The number of halogens is 1. The lowest BCUT2D eigenvalue weighted by Crippen LogP contribution is -2.32. The maximum atomic E-state index is 13.7. The van der Waals surface area contributed by atoms with Gasteiger partial charge in [0.15, 0.2) is 17.3 Å². The van der Waals surface area contributed by atoms with Crippen molar-refractivity contribution >= 4 is 11.7 Å². The Balaban J connectivity index is 1.92. The van der Waals surface area contributed by atoms with Crippen molar-refractivity contribution in [3.8, 4) is 5.75 Å². The van der Waals surface area contributed by atoms with Crippen LogP contribution in [0.4, 0.5) is 4.39 Å². The van der Waals surface area contributed by atoms with Gasteiger partial charge >= 0.3 is 0 Å². The zero-order valence-electron chi connectivity index (χ0n) is 14.5. The van der Waals surface area contributed by atoms with Gasteiger partial charge in [0.2, 0.25) is 5.91 Å². The van der Waals surface area contributed by atoms with Gasteiger partial charge in [-0.1, -0.05) is 13.8 Å². The molecule has 0 fully saturated rings. The Labute approximate surface area is 145 Å². The van der Waals surface area contributed by atoms with Gasteiger partial charge in [0, 0.05) is 30.8 Å². The molecule has 1 amide bonds. The summed E-state index contributed by atoms with van der Waals surface area (Å²) in [4.78, 5) is 31.5. The summed E-state index contributed by atoms with van der Waals surface area (Å²) < 4.78 is 18.5. The number of amides is 1. The molecule has 2 aromatic rings. The van der Waals surface area contributed by atoms with Crippen LogP contribution in [0.25, 0.3) is 0 Å². The Bertz CT molecular complexity index is 729. The fourth-order valence-corrected chi connectivity index (χ4v) is 2.46. The highest BCUT2D eigenvalue weighted by Crippen LogP contribution is 2.20. The maximum absolute atomic E-state index is 13.7. The lowest BCUT2D eigenvalue weighted by Gasteiger charge is -2.20. The van der Waals surface area contributed by atoms with E-state index < -0.39 is 5.82 Å². The third kappa shape index (κ3) is 4.89. The van der Waals surface area contributed by atoms with Gasteiger partial charge in [-0.3, -0.25) is 9.59 Å². The number of ketones is 1. The summed E-state index contributed by atoms with van der Waals surface area (Å²) in [6.45, 7) is 3.94. The number of aromatic amines is 1. The molecule has 0 bridgehead atoms. The van der Waals surface area contributed by atoms with Crippen LogP contribution in [0, 0.1) is 11.7 Å². The Morgan fingerprint density at radius 3 is 2.64 bits per heavy atom. The molecule has 1 aromatic carbocycles. The minimum absolute atomic E-state index is 0.000568. The number of nitrogens with zero attached hydrogens (tertiary/aromatic N) is 1. The summed E-state index contributed by atoms with van der Waals surface area (Å²) in [5.41, 5.74) is 0.220. The molecule has 1 atom stereocenters. The highest BCUT2D eigenvalue weighted by atomic mass is 19.1. The summed E-state index contributed by atoms with van der Waals surface area (Å²) in [5, 5.41) is 2.88. The number of carbonyl (C=O) groups excluding carboxylic acids is 2. The number of methoxy groups -OCH3 is 1. The molecule has 0 unspecified atom stereocenters. The number of imidazole rings is 1. The molecule has 0 aliphatic carbocycles. The van der Waals surface area contributed by atoms with Crippen molar-refractivity contribution < 1.29 is 18.7 Å². The molecule has 2 N–H and O–H groups in total. The third-order valence-electron chi connectivity index (χ3n) is 3.85. The van der Waals surface area contributed by atoms with Gasteiger partial charge in [-0.15, -0.1) is 0 Å². The van der Waals surface area contributed by atoms with Crippen LogP contribution in [0.2, 0.25) is 0 Å². The summed E-state index contributed by atoms with van der Waals surface area (Å²) in [5.74, 6) is -0.260. The van der Waals surface area contributed by atoms with Crippen molar-refractivity contribution in [3.63, 3.8) is 0 Å². The SMILES string of the molecule is COc1ccc(C(=O)CCC(=O)N[C@@H](c2ncc[nH]2)C(C)C)cc1F. The van der Waals surface area contributed by atoms with Gasteiger partial charge < -0.3 is 15.0 Å². The summed E-state index contributed by atoms with van der Waals surface area (Å²) in [6.07, 6.45) is 3.34. The molecule has 1 aromatic heterocycles. The monoisotopic (exact) mass is 347 g/mol. The second-order valence-corrected chi connectivity index (χ2v) is 6.04. The molecule has 25 heavy (non-hydrogen) atoms. The number of aromatic nitrogens is 2. The number of rotatable bonds is 8. The normalized spacial score (nSPS) is 12.0. The van der Waals surface area contributed by atoms with Crippen molar-refractivity contribution in [3.05, 3.63) is 47.8 Å². The van der Waals surface area contributed by atoms with Gasteiger partial charge in [0.25, 0.3) is 0 Å². The summed E-state index contributed by atoms with van der Waals surface area (Å²) in [7, 11) is 1.36. The predicted molar refractivity (Wildman–Crippen MR) is 90.8 cm³/mol. The number of ether oxygens (including phenoxy) is 1. The van der Waals surface area contributed by atoms with E-state index in [0.29, 0.717) is 5.82 Å². The molecule has 6 nitrogen and oxygen atoms in total. The first-order valence-corrected chi connectivity index (χ1v) is 8.07. The third-order valence-corrected chi connectivity index (χ3v) is 3.85. The molecular formula is C18H22FN3O3. The van der Waals surface area contributed by atoms with Crippen LogP contribution in [0.3, 0.4) is 0 Å². The first-order chi connectivity index (χ1) is 11.9. The fraction of sp³-hybridized carbons (Fsp3) is 0.389. The lowest BCUT2D eigenvalue weighted by molar-refractivity contribution is -0.122. The number of hydrogen-bond donors (Lipinski definition) is 2. The molecule has 0 saturated carbocycles. The minimum Gasteiger partial charge on any atom is -0.494 e. The standard InChI is InChI=1S/C18H22FN3O3/c1-11(2)17(18-20-8-9-21-18)22-16(24)7-5-14(23)12-4-6-15(25-3)13(19)10-12/h4,6,8-11,17H,5,7H2,1-3H3,(H,20,21)(H,22,24)/t17-/m1/s1. The molecule has 0 aliphatic heterocycles. The second kappa shape index (κ2) is 8.41. The molecule has 7 heteroatoms. The van der Waals surface area contributed by atoms with Crippen LogP contribution in [0.5, 0.6) is 5.75 Å². The number of nitrogens with one attached hydrogen (secondary N) is 2. The Kier molecular flexibility index (Phi) is 6.27. The number of Topliss-reactive ketones (excluding diaryl/α,β-unsaturated/α-hetero) is 1. The van der Waals surface area contributed by atoms with E-state index in [1.165, 1.54) is 19.2 Å². The number of H-pyrrole nitrogens is 1. The minimum atomic E-state index is -0.601. The van der Waals surface area contributed by atoms with Crippen LogP contribution in [0.15, 0.2) is 30.6 Å². The van der Waals surface area contributed by atoms with Crippen LogP contribution in [-0.2, 0) is 4.79 Å². The average Bonchev–Trinajstić information content (AvgIpc) is 3.11. The van der Waals surface area contributed by atoms with E-state index in [9.17, 15) is 14.0 Å². The smallest absolute Gasteiger partial charge is 0.221 e. The topological polar surface area (TPSA) is 84.1 Å². The van der Waals surface area contributed by atoms with E-state index in [1.807, 2.05) is 13.8 Å². The number of hydrogen-bond acceptors (Lipinski definition) is 4. The lowest BCUT2D eigenvalue weighted by atomic mass is 10.0. The quantitative estimate of drug-likeness (QED) is 0.719. The zero-order chi connectivity index (χ0) is 18.4. The summed E-state index contributed by atoms with van der Waals surface area (Å²) >= 11 is 0. The average molecular weight is 347 g/mol. The molecule has 2 rings (SSSR count). The van der Waals surface area contributed by atoms with Crippen molar-refractivity contribution in [2.45, 2.75) is 32.7 Å². The maximum Gasteiger partial charge on any atom is 0.221 e. The number of carbonyl (C=O) groups is 2. The second-order valence-electron chi connectivity index (χ2n) is 6.04.